The summed E-state index contributed by atoms with van der Waals surface area (Å²) >= 11 is 0. The molecule has 1 aliphatic rings. The van der Waals surface area contributed by atoms with E-state index in [2.05, 4.69) is 15.0 Å². The molecule has 4 atom stereocenters. The SMILES string of the molecule is Nc1ncnc2c1ncn2[C@@H]1OC[C@@H](O)[C@@H](O)[C@@H]1O. The molecule has 19 heavy (non-hydrogen) atoms. The zero-order valence-corrected chi connectivity index (χ0v) is 9.79. The van der Waals surface area contributed by atoms with Crippen molar-refractivity contribution in [3.05, 3.63) is 12.7 Å². The van der Waals surface area contributed by atoms with Gasteiger partial charge in [0.05, 0.1) is 12.9 Å². The highest BCUT2D eigenvalue weighted by Crippen LogP contribution is 2.27. The molecule has 0 radical (unpaired) electrons. The van der Waals surface area contributed by atoms with Gasteiger partial charge in [-0.25, -0.2) is 15.0 Å². The van der Waals surface area contributed by atoms with Crippen LogP contribution in [-0.4, -0.2) is 59.8 Å². The van der Waals surface area contributed by atoms with Gasteiger partial charge in [0.2, 0.25) is 0 Å². The normalized spacial score (nSPS) is 31.7. The standard InChI is InChI=1S/C10H13N5O4/c11-8-5-9(13-2-12-8)15(3-14-5)10-7(18)6(17)4(16)1-19-10/h2-4,6-7,10,16-18H,1H2,(H2,11,12,13)/t4-,6-,7+,10-/m1/s1. The predicted octanol–water partition coefficient (Wildman–Crippen LogP) is -1.98. The van der Waals surface area contributed by atoms with E-state index in [1.807, 2.05) is 0 Å². The van der Waals surface area contributed by atoms with Crippen LogP contribution in [0.5, 0.6) is 0 Å². The molecule has 1 aliphatic heterocycles. The first kappa shape index (κ1) is 12.2. The van der Waals surface area contributed by atoms with E-state index in [1.54, 1.807) is 0 Å². The fourth-order valence-corrected chi connectivity index (χ4v) is 2.09. The Hall–Kier alpha value is -1.81. The predicted molar refractivity (Wildman–Crippen MR) is 62.7 cm³/mol. The van der Waals surface area contributed by atoms with Gasteiger partial charge in [0.25, 0.3) is 0 Å². The number of nitrogens with two attached hydrogens (primary N) is 1. The van der Waals surface area contributed by atoms with Crippen molar-refractivity contribution in [2.24, 2.45) is 0 Å². The number of anilines is 1. The average Bonchev–Trinajstić information content (AvgIpc) is 2.82. The quantitative estimate of drug-likeness (QED) is 0.466. The second kappa shape index (κ2) is 4.38. The second-order valence-electron chi connectivity index (χ2n) is 4.36. The third kappa shape index (κ3) is 1.83. The smallest absolute Gasteiger partial charge is 0.167 e. The van der Waals surface area contributed by atoms with Crippen LogP contribution in [0.15, 0.2) is 12.7 Å². The van der Waals surface area contributed by atoms with Gasteiger partial charge in [-0.1, -0.05) is 0 Å². The summed E-state index contributed by atoms with van der Waals surface area (Å²) in [6.07, 6.45) is -1.93. The molecular formula is C10H13N5O4. The summed E-state index contributed by atoms with van der Waals surface area (Å²) in [5.41, 5.74) is 6.44. The average molecular weight is 267 g/mol. The lowest BCUT2D eigenvalue weighted by Crippen LogP contribution is -2.50. The maximum absolute atomic E-state index is 9.95. The van der Waals surface area contributed by atoms with Crippen molar-refractivity contribution in [2.75, 3.05) is 12.3 Å². The highest BCUT2D eigenvalue weighted by molar-refractivity contribution is 5.81. The minimum Gasteiger partial charge on any atom is -0.388 e. The third-order valence-electron chi connectivity index (χ3n) is 3.14. The van der Waals surface area contributed by atoms with Crippen LogP contribution >= 0.6 is 0 Å². The Kier molecular flexibility index (Phi) is 2.82. The third-order valence-corrected chi connectivity index (χ3v) is 3.14. The molecule has 5 N–H and O–H groups in total. The first-order chi connectivity index (χ1) is 9.09. The van der Waals surface area contributed by atoms with Gasteiger partial charge < -0.3 is 25.8 Å². The molecule has 0 saturated carbocycles. The molecule has 3 rings (SSSR count). The van der Waals surface area contributed by atoms with E-state index in [0.717, 1.165) is 0 Å². The maximum atomic E-state index is 9.95. The summed E-state index contributed by atoms with van der Waals surface area (Å²) in [6, 6.07) is 0. The second-order valence-corrected chi connectivity index (χ2v) is 4.36. The van der Waals surface area contributed by atoms with Gasteiger partial charge in [-0.05, 0) is 0 Å². The van der Waals surface area contributed by atoms with Crippen LogP contribution in [0, 0.1) is 0 Å². The molecule has 0 aliphatic carbocycles. The largest absolute Gasteiger partial charge is 0.388 e. The number of hydrogen-bond donors (Lipinski definition) is 4. The molecule has 9 heteroatoms. The fourth-order valence-electron chi connectivity index (χ4n) is 2.09. The summed E-state index contributed by atoms with van der Waals surface area (Å²) in [5.74, 6) is 0.217. The summed E-state index contributed by atoms with van der Waals surface area (Å²) in [6.45, 7) is -0.0941. The van der Waals surface area contributed by atoms with Crippen molar-refractivity contribution in [3.63, 3.8) is 0 Å². The van der Waals surface area contributed by atoms with Crippen LogP contribution in [0.3, 0.4) is 0 Å². The Balaban J connectivity index is 2.03. The molecule has 102 valence electrons. The van der Waals surface area contributed by atoms with Gasteiger partial charge >= 0.3 is 0 Å². The molecule has 9 nitrogen and oxygen atoms in total. The molecule has 0 bridgehead atoms. The number of imidazole rings is 1. The lowest BCUT2D eigenvalue weighted by molar-refractivity contribution is -0.210. The summed E-state index contributed by atoms with van der Waals surface area (Å²) in [5, 5.41) is 29.0. The molecule has 2 aromatic heterocycles. The topological polar surface area (TPSA) is 140 Å². The summed E-state index contributed by atoms with van der Waals surface area (Å²) in [7, 11) is 0. The minimum absolute atomic E-state index is 0.0941. The molecule has 0 aromatic carbocycles. The van der Waals surface area contributed by atoms with Crippen molar-refractivity contribution in [3.8, 4) is 0 Å². The Morgan fingerprint density at radius 1 is 1.21 bits per heavy atom. The maximum Gasteiger partial charge on any atom is 0.167 e. The van der Waals surface area contributed by atoms with E-state index in [4.69, 9.17) is 10.5 Å². The minimum atomic E-state index is -1.30. The van der Waals surface area contributed by atoms with Crippen LogP contribution in [-0.2, 0) is 4.74 Å². The molecule has 0 amide bonds. The Bertz CT molecular complexity index is 603. The summed E-state index contributed by atoms with van der Waals surface area (Å²) < 4.78 is 6.78. The van der Waals surface area contributed by atoms with Gasteiger partial charge in [0.1, 0.15) is 30.2 Å². The Labute approximate surface area is 107 Å². The molecule has 1 saturated heterocycles. The first-order valence-electron chi connectivity index (χ1n) is 5.68. The number of aliphatic hydroxyl groups excluding tert-OH is 3. The monoisotopic (exact) mass is 267 g/mol. The highest BCUT2D eigenvalue weighted by atomic mass is 16.5. The van der Waals surface area contributed by atoms with Crippen LogP contribution in [0.2, 0.25) is 0 Å². The van der Waals surface area contributed by atoms with Gasteiger partial charge in [-0.2, -0.15) is 0 Å². The van der Waals surface area contributed by atoms with Crippen molar-refractivity contribution >= 4 is 17.0 Å². The van der Waals surface area contributed by atoms with Crippen molar-refractivity contribution in [2.45, 2.75) is 24.5 Å². The lowest BCUT2D eigenvalue weighted by Gasteiger charge is -2.35. The van der Waals surface area contributed by atoms with Gasteiger partial charge in [-0.3, -0.25) is 4.57 Å². The van der Waals surface area contributed by atoms with E-state index < -0.39 is 24.5 Å². The molecular weight excluding hydrogens is 254 g/mol. The Morgan fingerprint density at radius 3 is 2.79 bits per heavy atom. The fraction of sp³-hybridized carbons (Fsp3) is 0.500. The number of nitrogen functional groups attached to an aromatic ring is 1. The number of nitrogens with zero attached hydrogens (tertiary/aromatic N) is 4. The molecule has 0 unspecified atom stereocenters. The van der Waals surface area contributed by atoms with Crippen LogP contribution in [0.25, 0.3) is 11.2 Å². The van der Waals surface area contributed by atoms with Crippen LogP contribution < -0.4 is 5.73 Å². The number of rotatable bonds is 1. The van der Waals surface area contributed by atoms with E-state index >= 15 is 0 Å². The summed E-state index contributed by atoms with van der Waals surface area (Å²) in [4.78, 5) is 11.9. The highest BCUT2D eigenvalue weighted by Gasteiger charge is 2.39. The molecule has 0 spiro atoms. The first-order valence-corrected chi connectivity index (χ1v) is 5.68. The Morgan fingerprint density at radius 2 is 2.00 bits per heavy atom. The number of hydrogen-bond acceptors (Lipinski definition) is 8. The van der Waals surface area contributed by atoms with Gasteiger partial charge in [-0.15, -0.1) is 0 Å². The number of aliphatic hydroxyl groups is 3. The van der Waals surface area contributed by atoms with Crippen molar-refractivity contribution < 1.29 is 20.1 Å². The van der Waals surface area contributed by atoms with Crippen molar-refractivity contribution in [1.29, 1.82) is 0 Å². The van der Waals surface area contributed by atoms with Crippen molar-refractivity contribution in [1.82, 2.24) is 19.5 Å². The van der Waals surface area contributed by atoms with E-state index in [1.165, 1.54) is 17.2 Å². The zero-order valence-electron chi connectivity index (χ0n) is 9.79. The van der Waals surface area contributed by atoms with Gasteiger partial charge in [0, 0.05) is 0 Å². The lowest BCUT2D eigenvalue weighted by atomic mass is 10.0. The van der Waals surface area contributed by atoms with Crippen LogP contribution in [0.4, 0.5) is 5.82 Å². The van der Waals surface area contributed by atoms with E-state index in [-0.39, 0.29) is 12.4 Å². The molecule has 3 heterocycles. The van der Waals surface area contributed by atoms with E-state index in [0.29, 0.717) is 11.2 Å². The van der Waals surface area contributed by atoms with Gasteiger partial charge in [0.15, 0.2) is 17.7 Å². The van der Waals surface area contributed by atoms with Crippen LogP contribution in [0.1, 0.15) is 6.23 Å². The zero-order chi connectivity index (χ0) is 13.6. The number of aromatic nitrogens is 4. The number of fused-ring (bicyclic) bond motifs is 1. The molecule has 2 aromatic rings. The number of ether oxygens (including phenoxy) is 1. The molecule has 1 fully saturated rings. The van der Waals surface area contributed by atoms with E-state index in [9.17, 15) is 15.3 Å².